The van der Waals surface area contributed by atoms with Crippen LogP contribution >= 0.6 is 11.6 Å². The first kappa shape index (κ1) is 19.8. The predicted octanol–water partition coefficient (Wildman–Crippen LogP) is 3.40. The van der Waals surface area contributed by atoms with Gasteiger partial charge in [0, 0.05) is 57.7 Å². The van der Waals surface area contributed by atoms with Crippen molar-refractivity contribution in [3.8, 4) is 0 Å². The highest BCUT2D eigenvalue weighted by molar-refractivity contribution is 6.31. The third-order valence-electron chi connectivity index (χ3n) is 5.29. The summed E-state index contributed by atoms with van der Waals surface area (Å²) in [5.41, 5.74) is 2.97. The van der Waals surface area contributed by atoms with E-state index in [-0.39, 0.29) is 6.03 Å². The lowest BCUT2D eigenvalue weighted by Crippen LogP contribution is -2.42. The first-order valence-electron chi connectivity index (χ1n) is 10.0. The molecule has 0 atom stereocenters. The van der Waals surface area contributed by atoms with Crippen LogP contribution in [0.15, 0.2) is 36.5 Å². The molecule has 0 unspecified atom stereocenters. The van der Waals surface area contributed by atoms with Crippen molar-refractivity contribution in [3.63, 3.8) is 0 Å². The number of aromatic nitrogens is 2. The number of nitrogens with one attached hydrogen (secondary N) is 1. The molecule has 7 nitrogen and oxygen atoms in total. The quantitative estimate of drug-likeness (QED) is 0.649. The van der Waals surface area contributed by atoms with E-state index in [4.69, 9.17) is 21.3 Å². The van der Waals surface area contributed by atoms with E-state index >= 15 is 0 Å². The third kappa shape index (κ3) is 4.26. The second kappa shape index (κ2) is 8.88. The number of anilines is 1. The number of carbonyl (C=O) groups excluding carboxylic acids is 1. The van der Waals surface area contributed by atoms with E-state index in [2.05, 4.69) is 20.7 Å². The highest BCUT2D eigenvalue weighted by Gasteiger charge is 2.21. The summed E-state index contributed by atoms with van der Waals surface area (Å²) >= 11 is 6.20. The normalized spacial score (nSPS) is 15.1. The van der Waals surface area contributed by atoms with E-state index in [0.29, 0.717) is 24.7 Å². The van der Waals surface area contributed by atoms with E-state index in [1.807, 2.05) is 35.4 Å². The summed E-state index contributed by atoms with van der Waals surface area (Å²) in [6.07, 6.45) is 3.76. The molecule has 1 aromatic carbocycles. The molecule has 154 valence electrons. The average molecular weight is 416 g/mol. The minimum Gasteiger partial charge on any atom is -0.385 e. The monoisotopic (exact) mass is 415 g/mol. The number of carbonyl (C=O) groups is 1. The largest absolute Gasteiger partial charge is 0.385 e. The Labute approximate surface area is 175 Å². The number of hydrogen-bond donors (Lipinski definition) is 1. The molecule has 8 heteroatoms. The topological polar surface area (TPSA) is 62.1 Å². The zero-order valence-corrected chi connectivity index (χ0v) is 17.4. The first-order chi connectivity index (χ1) is 14.2. The van der Waals surface area contributed by atoms with Crippen LogP contribution in [0.5, 0.6) is 0 Å². The summed E-state index contributed by atoms with van der Waals surface area (Å²) in [4.78, 5) is 21.6. The lowest BCUT2D eigenvalue weighted by molar-refractivity contribution is 0.186. The highest BCUT2D eigenvalue weighted by Crippen LogP contribution is 2.27. The number of methoxy groups -OCH3 is 1. The summed E-state index contributed by atoms with van der Waals surface area (Å²) in [7, 11) is 1.67. The maximum absolute atomic E-state index is 12.5. The van der Waals surface area contributed by atoms with Crippen molar-refractivity contribution in [2.75, 3.05) is 51.3 Å². The van der Waals surface area contributed by atoms with Crippen molar-refractivity contribution >= 4 is 40.0 Å². The molecule has 0 aliphatic carbocycles. The van der Waals surface area contributed by atoms with Gasteiger partial charge in [0.1, 0.15) is 0 Å². The fourth-order valence-corrected chi connectivity index (χ4v) is 3.99. The lowest BCUT2D eigenvalue weighted by Gasteiger charge is -2.24. The molecular weight excluding hydrogens is 390 g/mol. The number of hydrogen-bond acceptors (Lipinski definition) is 4. The van der Waals surface area contributed by atoms with Gasteiger partial charge in [-0.2, -0.15) is 0 Å². The Morgan fingerprint density at radius 2 is 2.10 bits per heavy atom. The molecule has 3 heterocycles. The smallest absolute Gasteiger partial charge is 0.317 e. The molecule has 2 amide bonds. The molecule has 29 heavy (non-hydrogen) atoms. The summed E-state index contributed by atoms with van der Waals surface area (Å²) in [5.74, 6) is 0.937. The molecule has 4 rings (SSSR count). The van der Waals surface area contributed by atoms with Gasteiger partial charge in [-0.1, -0.05) is 11.6 Å². The number of benzene rings is 1. The lowest BCUT2D eigenvalue weighted by atomic mass is 10.2. The Bertz CT molecular complexity index is 1010. The first-order valence-corrected chi connectivity index (χ1v) is 10.4. The third-order valence-corrected chi connectivity index (χ3v) is 5.52. The molecule has 3 aromatic rings. The number of rotatable bonds is 5. The molecule has 0 bridgehead atoms. The van der Waals surface area contributed by atoms with Gasteiger partial charge in [0.15, 0.2) is 5.82 Å². The van der Waals surface area contributed by atoms with Crippen LogP contribution < -0.4 is 10.2 Å². The van der Waals surface area contributed by atoms with Crippen molar-refractivity contribution in [1.29, 1.82) is 0 Å². The Kier molecular flexibility index (Phi) is 6.06. The maximum Gasteiger partial charge on any atom is 0.317 e. The Morgan fingerprint density at radius 1 is 1.21 bits per heavy atom. The van der Waals surface area contributed by atoms with Crippen LogP contribution in [0.25, 0.3) is 16.6 Å². The van der Waals surface area contributed by atoms with Gasteiger partial charge < -0.3 is 24.3 Å². The second-order valence-electron chi connectivity index (χ2n) is 7.24. The van der Waals surface area contributed by atoms with E-state index in [1.54, 1.807) is 7.11 Å². The summed E-state index contributed by atoms with van der Waals surface area (Å²) in [6.45, 7) is 4.28. The van der Waals surface area contributed by atoms with E-state index in [1.165, 1.54) is 0 Å². The second-order valence-corrected chi connectivity index (χ2v) is 7.67. The van der Waals surface area contributed by atoms with E-state index in [9.17, 15) is 4.79 Å². The minimum absolute atomic E-state index is 0.00552. The molecule has 0 saturated carbocycles. The van der Waals surface area contributed by atoms with Gasteiger partial charge in [-0.05, 0) is 43.2 Å². The molecule has 2 aromatic heterocycles. The van der Waals surface area contributed by atoms with Crippen LogP contribution in [0, 0.1) is 0 Å². The van der Waals surface area contributed by atoms with Crippen molar-refractivity contribution < 1.29 is 9.53 Å². The van der Waals surface area contributed by atoms with Crippen LogP contribution in [-0.2, 0) is 4.74 Å². The van der Waals surface area contributed by atoms with Crippen molar-refractivity contribution in [2.45, 2.75) is 12.8 Å². The summed E-state index contributed by atoms with van der Waals surface area (Å²) in [6, 6.07) is 9.90. The Hall–Kier alpha value is -2.51. The Morgan fingerprint density at radius 3 is 2.97 bits per heavy atom. The molecule has 1 aliphatic heterocycles. The minimum atomic E-state index is -0.00552. The van der Waals surface area contributed by atoms with Crippen molar-refractivity contribution in [3.05, 3.63) is 41.6 Å². The number of amides is 2. The molecule has 1 N–H and O–H groups in total. The van der Waals surface area contributed by atoms with Gasteiger partial charge in [0.2, 0.25) is 0 Å². The van der Waals surface area contributed by atoms with Crippen LogP contribution in [0.1, 0.15) is 12.8 Å². The predicted molar refractivity (Wildman–Crippen MR) is 116 cm³/mol. The van der Waals surface area contributed by atoms with Crippen LogP contribution in [0.2, 0.25) is 5.02 Å². The van der Waals surface area contributed by atoms with Crippen LogP contribution in [0.4, 0.5) is 10.6 Å². The van der Waals surface area contributed by atoms with Gasteiger partial charge in [0.05, 0.1) is 16.6 Å². The fourth-order valence-electron chi connectivity index (χ4n) is 3.82. The molecule has 1 fully saturated rings. The Balaban J connectivity index is 1.52. The van der Waals surface area contributed by atoms with Crippen molar-refractivity contribution in [1.82, 2.24) is 19.6 Å². The number of fused-ring (bicyclic) bond motifs is 3. The van der Waals surface area contributed by atoms with Crippen LogP contribution in [-0.4, -0.2) is 66.8 Å². The molecule has 1 saturated heterocycles. The summed E-state index contributed by atoms with van der Waals surface area (Å²) < 4.78 is 7.18. The number of ether oxygens (including phenoxy) is 1. The zero-order chi connectivity index (χ0) is 20.2. The summed E-state index contributed by atoms with van der Waals surface area (Å²) in [5, 5.41) is 3.66. The molecule has 0 radical (unpaired) electrons. The van der Waals surface area contributed by atoms with Gasteiger partial charge in [-0.25, -0.2) is 9.78 Å². The standard InChI is InChI=1S/C21H26ClN5O2/c1-29-14-3-8-23-21(28)26-10-4-9-25(12-13-26)20-19-5-2-11-27(19)18-7-6-16(22)15-17(18)24-20/h2,5-7,11,15H,3-4,8-10,12-14H2,1H3,(H,23,28). The molecule has 0 spiro atoms. The SMILES string of the molecule is COCCCNC(=O)N1CCCN(c2nc3cc(Cl)ccc3n3cccc23)CC1. The maximum atomic E-state index is 12.5. The van der Waals surface area contributed by atoms with Gasteiger partial charge >= 0.3 is 6.03 Å². The fraction of sp³-hybridized carbons (Fsp3) is 0.429. The average Bonchev–Trinajstić information content (AvgIpc) is 3.08. The van der Waals surface area contributed by atoms with Crippen LogP contribution in [0.3, 0.4) is 0 Å². The molecular formula is C21H26ClN5O2. The van der Waals surface area contributed by atoms with E-state index < -0.39 is 0 Å². The van der Waals surface area contributed by atoms with Gasteiger partial charge in [-0.3, -0.25) is 0 Å². The number of halogens is 1. The number of nitrogens with zero attached hydrogens (tertiary/aromatic N) is 4. The van der Waals surface area contributed by atoms with Gasteiger partial charge in [0.25, 0.3) is 0 Å². The molecule has 1 aliphatic rings. The van der Waals surface area contributed by atoms with Crippen molar-refractivity contribution in [2.24, 2.45) is 0 Å². The van der Waals surface area contributed by atoms with Gasteiger partial charge in [-0.15, -0.1) is 0 Å². The highest BCUT2D eigenvalue weighted by atomic mass is 35.5. The van der Waals surface area contributed by atoms with E-state index in [0.717, 1.165) is 54.8 Å². The number of urea groups is 1. The zero-order valence-electron chi connectivity index (χ0n) is 16.6.